The van der Waals surface area contributed by atoms with Crippen LogP contribution in [0.4, 0.5) is 0 Å². The molecule has 0 aromatic heterocycles. The smallest absolute Gasteiger partial charge is 0.146 e. The van der Waals surface area contributed by atoms with Gasteiger partial charge in [0.15, 0.2) is 0 Å². The number of carbonyl (C=O) groups excluding carboxylic acids is 1. The quantitative estimate of drug-likeness (QED) is 0.496. The molecule has 0 aromatic carbocycles. The maximum absolute atomic E-state index is 10.4. The molecule has 0 spiro atoms. The zero-order valence-corrected chi connectivity index (χ0v) is 7.42. The lowest BCUT2D eigenvalue weighted by molar-refractivity contribution is -0.105. The molecule has 0 amide bonds. The van der Waals surface area contributed by atoms with Crippen molar-refractivity contribution in [3.05, 3.63) is 11.1 Å². The summed E-state index contributed by atoms with van der Waals surface area (Å²) in [6.45, 7) is 5.61. The van der Waals surface area contributed by atoms with E-state index in [1.807, 2.05) is 13.8 Å². The van der Waals surface area contributed by atoms with Crippen LogP contribution in [0.25, 0.3) is 0 Å². The Kier molecular flexibility index (Phi) is 4.79. The summed E-state index contributed by atoms with van der Waals surface area (Å²) >= 11 is 0. The predicted octanol–water partition coefficient (Wildman–Crippen LogP) is 1.68. The first kappa shape index (κ1) is 10.4. The van der Waals surface area contributed by atoms with E-state index in [-0.39, 0.29) is 0 Å². The molecule has 0 aliphatic heterocycles. The van der Waals surface area contributed by atoms with Crippen molar-refractivity contribution in [2.75, 3.05) is 0 Å². The maximum Gasteiger partial charge on any atom is 0.146 e. The average molecular weight is 156 g/mol. The Morgan fingerprint density at radius 2 is 2.09 bits per heavy atom. The van der Waals surface area contributed by atoms with Gasteiger partial charge in [0.25, 0.3) is 0 Å². The highest BCUT2D eigenvalue weighted by molar-refractivity contribution is 5.74. The Morgan fingerprint density at radius 3 is 2.36 bits per heavy atom. The van der Waals surface area contributed by atoms with E-state index in [4.69, 9.17) is 0 Å². The Hall–Kier alpha value is -0.630. The van der Waals surface area contributed by atoms with Gasteiger partial charge in [-0.2, -0.15) is 0 Å². The molecule has 1 atom stereocenters. The summed E-state index contributed by atoms with van der Waals surface area (Å²) in [5.41, 5.74) is 1.53. The van der Waals surface area contributed by atoms with Crippen LogP contribution in [0.3, 0.4) is 0 Å². The van der Waals surface area contributed by atoms with Crippen LogP contribution in [0.1, 0.15) is 33.6 Å². The first-order chi connectivity index (χ1) is 5.17. The summed E-state index contributed by atoms with van der Waals surface area (Å²) in [6.07, 6.45) is 1.75. The van der Waals surface area contributed by atoms with Gasteiger partial charge in [-0.3, -0.25) is 4.79 Å². The average Bonchev–Trinajstić information content (AvgIpc) is 2.05. The number of carbonyl (C=O) groups is 1. The fourth-order valence-electron chi connectivity index (χ4n) is 0.975. The Balaban J connectivity index is 4.45. The highest BCUT2D eigenvalue weighted by Crippen LogP contribution is 2.12. The fraction of sp³-hybridized carbons (Fsp3) is 0.667. The second kappa shape index (κ2) is 5.08. The molecule has 0 radical (unpaired) electrons. The van der Waals surface area contributed by atoms with Crippen molar-refractivity contribution in [3.63, 3.8) is 0 Å². The molecule has 0 aliphatic carbocycles. The standard InChI is InChI=1S/C9H16O2/c1-4-8(6-10)7(3)9(11)5-2/h6,9,11H,4-5H2,1-3H3/b8-7+. The molecule has 0 bridgehead atoms. The number of hydrogen-bond acceptors (Lipinski definition) is 2. The molecular weight excluding hydrogens is 140 g/mol. The van der Waals surface area contributed by atoms with E-state index in [1.54, 1.807) is 6.92 Å². The van der Waals surface area contributed by atoms with Crippen molar-refractivity contribution < 1.29 is 9.90 Å². The minimum atomic E-state index is -0.449. The van der Waals surface area contributed by atoms with Crippen LogP contribution in [0.15, 0.2) is 11.1 Å². The van der Waals surface area contributed by atoms with Crippen molar-refractivity contribution in [2.45, 2.75) is 39.7 Å². The number of aliphatic hydroxyl groups excluding tert-OH is 1. The van der Waals surface area contributed by atoms with Crippen molar-refractivity contribution in [2.24, 2.45) is 0 Å². The summed E-state index contributed by atoms with van der Waals surface area (Å²) in [4.78, 5) is 10.4. The van der Waals surface area contributed by atoms with Gasteiger partial charge in [0.1, 0.15) is 6.29 Å². The Bertz CT molecular complexity index is 159. The molecule has 1 N–H and O–H groups in total. The third kappa shape index (κ3) is 2.85. The summed E-state index contributed by atoms with van der Waals surface area (Å²) in [5, 5.41) is 9.34. The molecule has 2 nitrogen and oxygen atoms in total. The van der Waals surface area contributed by atoms with E-state index >= 15 is 0 Å². The highest BCUT2D eigenvalue weighted by atomic mass is 16.3. The largest absolute Gasteiger partial charge is 0.389 e. The molecule has 11 heavy (non-hydrogen) atoms. The van der Waals surface area contributed by atoms with Gasteiger partial charge in [0.05, 0.1) is 6.10 Å². The summed E-state index contributed by atoms with van der Waals surface area (Å²) in [5.74, 6) is 0. The molecule has 0 saturated carbocycles. The first-order valence-electron chi connectivity index (χ1n) is 4.00. The Labute approximate surface area is 67.9 Å². The van der Waals surface area contributed by atoms with Gasteiger partial charge >= 0.3 is 0 Å². The van der Waals surface area contributed by atoms with Crippen LogP contribution in [0, 0.1) is 0 Å². The van der Waals surface area contributed by atoms with Gasteiger partial charge in [-0.15, -0.1) is 0 Å². The minimum Gasteiger partial charge on any atom is -0.389 e. The fourth-order valence-corrected chi connectivity index (χ4v) is 0.975. The summed E-state index contributed by atoms with van der Waals surface area (Å²) in [6, 6.07) is 0. The van der Waals surface area contributed by atoms with E-state index in [9.17, 15) is 9.90 Å². The van der Waals surface area contributed by atoms with E-state index in [2.05, 4.69) is 0 Å². The van der Waals surface area contributed by atoms with Crippen LogP contribution in [-0.2, 0) is 4.79 Å². The van der Waals surface area contributed by atoms with E-state index in [0.717, 1.165) is 17.4 Å². The minimum absolute atomic E-state index is 0.449. The highest BCUT2D eigenvalue weighted by Gasteiger charge is 2.07. The second-order valence-electron chi connectivity index (χ2n) is 2.60. The van der Waals surface area contributed by atoms with Crippen LogP contribution < -0.4 is 0 Å². The third-order valence-corrected chi connectivity index (χ3v) is 1.92. The SMILES string of the molecule is CC/C(C=O)=C(/C)C(O)CC. The van der Waals surface area contributed by atoms with Gasteiger partial charge < -0.3 is 5.11 Å². The molecule has 0 aromatic rings. The molecule has 0 saturated heterocycles. The zero-order valence-electron chi connectivity index (χ0n) is 7.42. The maximum atomic E-state index is 10.4. The van der Waals surface area contributed by atoms with E-state index in [0.29, 0.717) is 12.8 Å². The monoisotopic (exact) mass is 156 g/mol. The predicted molar refractivity (Wildman–Crippen MR) is 45.4 cm³/mol. The molecule has 0 heterocycles. The third-order valence-electron chi connectivity index (χ3n) is 1.92. The van der Waals surface area contributed by atoms with Crippen LogP contribution in [0.5, 0.6) is 0 Å². The van der Waals surface area contributed by atoms with Crippen molar-refractivity contribution in [1.29, 1.82) is 0 Å². The van der Waals surface area contributed by atoms with Crippen molar-refractivity contribution in [3.8, 4) is 0 Å². The van der Waals surface area contributed by atoms with Gasteiger partial charge in [-0.1, -0.05) is 13.8 Å². The molecule has 0 fully saturated rings. The molecular formula is C9H16O2. The Morgan fingerprint density at radius 1 is 1.55 bits per heavy atom. The van der Waals surface area contributed by atoms with Crippen LogP contribution in [-0.4, -0.2) is 17.5 Å². The van der Waals surface area contributed by atoms with Gasteiger partial charge in [0.2, 0.25) is 0 Å². The van der Waals surface area contributed by atoms with Crippen LogP contribution >= 0.6 is 0 Å². The molecule has 0 rings (SSSR count). The topological polar surface area (TPSA) is 37.3 Å². The van der Waals surface area contributed by atoms with Crippen LogP contribution in [0.2, 0.25) is 0 Å². The van der Waals surface area contributed by atoms with Gasteiger partial charge in [0, 0.05) is 0 Å². The lowest BCUT2D eigenvalue weighted by Crippen LogP contribution is -2.09. The molecule has 0 aliphatic rings. The first-order valence-corrected chi connectivity index (χ1v) is 4.00. The number of hydrogen-bond donors (Lipinski definition) is 1. The second-order valence-corrected chi connectivity index (χ2v) is 2.60. The van der Waals surface area contributed by atoms with Crippen molar-refractivity contribution in [1.82, 2.24) is 0 Å². The van der Waals surface area contributed by atoms with Crippen molar-refractivity contribution >= 4 is 6.29 Å². The number of aldehydes is 1. The molecule has 2 heteroatoms. The summed E-state index contributed by atoms with van der Waals surface area (Å²) in [7, 11) is 0. The molecule has 64 valence electrons. The zero-order chi connectivity index (χ0) is 8.85. The normalized spacial score (nSPS) is 15.6. The van der Waals surface area contributed by atoms with Gasteiger partial charge in [-0.25, -0.2) is 0 Å². The number of aliphatic hydroxyl groups is 1. The molecule has 1 unspecified atom stereocenters. The lowest BCUT2D eigenvalue weighted by atomic mass is 10.0. The van der Waals surface area contributed by atoms with E-state index < -0.39 is 6.10 Å². The lowest BCUT2D eigenvalue weighted by Gasteiger charge is -2.10. The number of allylic oxidation sites excluding steroid dienone is 1. The van der Waals surface area contributed by atoms with E-state index in [1.165, 1.54) is 0 Å². The van der Waals surface area contributed by atoms with Gasteiger partial charge in [-0.05, 0) is 30.9 Å². The summed E-state index contributed by atoms with van der Waals surface area (Å²) < 4.78 is 0. The number of rotatable bonds is 4.